The van der Waals surface area contributed by atoms with Crippen LogP contribution in [0.5, 0.6) is 0 Å². The maximum absolute atomic E-state index is 11.0. The summed E-state index contributed by atoms with van der Waals surface area (Å²) in [6.45, 7) is 5.09. The molecular formula is C12H21N3OS. The molecule has 1 unspecified atom stereocenters. The van der Waals surface area contributed by atoms with E-state index in [1.54, 1.807) is 18.4 Å². The molecule has 0 aromatic carbocycles. The molecule has 4 nitrogen and oxygen atoms in total. The van der Waals surface area contributed by atoms with Gasteiger partial charge in [-0.15, -0.1) is 11.3 Å². The molecule has 0 fully saturated rings. The number of carbonyl (C=O) groups is 1. The largest absolute Gasteiger partial charge is 0.359 e. The van der Waals surface area contributed by atoms with E-state index in [-0.39, 0.29) is 11.9 Å². The van der Waals surface area contributed by atoms with E-state index in [2.05, 4.69) is 29.5 Å². The van der Waals surface area contributed by atoms with E-state index in [0.29, 0.717) is 6.42 Å². The summed E-state index contributed by atoms with van der Waals surface area (Å²) in [5, 5.41) is 7.13. The fraction of sp³-hybridized carbons (Fsp3) is 0.667. The van der Waals surface area contributed by atoms with Crippen LogP contribution < -0.4 is 10.6 Å². The van der Waals surface area contributed by atoms with Crippen molar-refractivity contribution in [1.29, 1.82) is 0 Å². The lowest BCUT2D eigenvalue weighted by atomic mass is 10.2. The van der Waals surface area contributed by atoms with Crippen LogP contribution in [0.25, 0.3) is 0 Å². The van der Waals surface area contributed by atoms with E-state index in [4.69, 9.17) is 0 Å². The molecule has 0 saturated heterocycles. The number of amides is 1. The number of nitrogens with one attached hydrogen (secondary N) is 2. The summed E-state index contributed by atoms with van der Waals surface area (Å²) in [4.78, 5) is 16.7. The number of carbonyl (C=O) groups excluding carboxylic acids is 1. The SMILES string of the molecule is CCc1cnc(C(C)NCCCC(=O)NC)s1. The number of hydrogen-bond acceptors (Lipinski definition) is 4. The third-order valence-corrected chi connectivity index (χ3v) is 3.92. The Hall–Kier alpha value is -0.940. The minimum atomic E-state index is 0.0990. The lowest BCUT2D eigenvalue weighted by Crippen LogP contribution is -2.23. The highest BCUT2D eigenvalue weighted by Gasteiger charge is 2.09. The second kappa shape index (κ2) is 7.40. The Morgan fingerprint density at radius 2 is 2.35 bits per heavy atom. The first kappa shape index (κ1) is 14.1. The van der Waals surface area contributed by atoms with Crippen molar-refractivity contribution in [2.45, 2.75) is 39.2 Å². The summed E-state index contributed by atoms with van der Waals surface area (Å²) in [6.07, 6.45) is 4.42. The third-order valence-electron chi connectivity index (χ3n) is 2.60. The predicted molar refractivity (Wildman–Crippen MR) is 71.2 cm³/mol. The zero-order chi connectivity index (χ0) is 12.7. The molecule has 1 rings (SSSR count). The van der Waals surface area contributed by atoms with Gasteiger partial charge in [0.15, 0.2) is 0 Å². The second-order valence-corrected chi connectivity index (χ2v) is 5.12. The first-order valence-corrected chi connectivity index (χ1v) is 6.87. The van der Waals surface area contributed by atoms with E-state index in [1.807, 2.05) is 6.20 Å². The van der Waals surface area contributed by atoms with E-state index >= 15 is 0 Å². The van der Waals surface area contributed by atoms with E-state index < -0.39 is 0 Å². The summed E-state index contributed by atoms with van der Waals surface area (Å²) in [5.41, 5.74) is 0. The maximum atomic E-state index is 11.0. The molecule has 1 aromatic rings. The van der Waals surface area contributed by atoms with Gasteiger partial charge in [-0.2, -0.15) is 0 Å². The van der Waals surface area contributed by atoms with Gasteiger partial charge in [-0.25, -0.2) is 4.98 Å². The lowest BCUT2D eigenvalue weighted by molar-refractivity contribution is -0.120. The molecule has 1 amide bonds. The van der Waals surface area contributed by atoms with Crippen molar-refractivity contribution >= 4 is 17.2 Å². The third kappa shape index (κ3) is 4.83. The van der Waals surface area contributed by atoms with Gasteiger partial charge < -0.3 is 10.6 Å². The Morgan fingerprint density at radius 3 is 2.94 bits per heavy atom. The Balaban J connectivity index is 2.25. The van der Waals surface area contributed by atoms with Gasteiger partial charge in [0.05, 0.1) is 6.04 Å². The van der Waals surface area contributed by atoms with Crippen molar-refractivity contribution in [3.05, 3.63) is 16.1 Å². The molecule has 2 N–H and O–H groups in total. The zero-order valence-corrected chi connectivity index (χ0v) is 11.6. The van der Waals surface area contributed by atoms with Crippen molar-refractivity contribution in [2.75, 3.05) is 13.6 Å². The van der Waals surface area contributed by atoms with Gasteiger partial charge in [0, 0.05) is 24.5 Å². The van der Waals surface area contributed by atoms with Crippen LogP contribution in [-0.2, 0) is 11.2 Å². The van der Waals surface area contributed by atoms with Crippen LogP contribution in [0.3, 0.4) is 0 Å². The van der Waals surface area contributed by atoms with Gasteiger partial charge in [0.2, 0.25) is 5.91 Å². The van der Waals surface area contributed by atoms with Crippen LogP contribution in [-0.4, -0.2) is 24.5 Å². The minimum absolute atomic E-state index is 0.0990. The molecule has 17 heavy (non-hydrogen) atoms. The molecule has 0 saturated carbocycles. The fourth-order valence-electron chi connectivity index (χ4n) is 1.47. The first-order chi connectivity index (χ1) is 8.17. The van der Waals surface area contributed by atoms with Gasteiger partial charge >= 0.3 is 0 Å². The minimum Gasteiger partial charge on any atom is -0.359 e. The van der Waals surface area contributed by atoms with Gasteiger partial charge in [0.25, 0.3) is 0 Å². The highest BCUT2D eigenvalue weighted by atomic mass is 32.1. The molecule has 0 radical (unpaired) electrons. The average molecular weight is 255 g/mol. The summed E-state index contributed by atoms with van der Waals surface area (Å²) >= 11 is 1.76. The molecule has 1 heterocycles. The van der Waals surface area contributed by atoms with Crippen LogP contribution in [0.1, 0.15) is 42.6 Å². The monoisotopic (exact) mass is 255 g/mol. The van der Waals surface area contributed by atoms with E-state index in [1.165, 1.54) is 4.88 Å². The highest BCUT2D eigenvalue weighted by molar-refractivity contribution is 7.11. The molecule has 0 aliphatic heterocycles. The van der Waals surface area contributed by atoms with E-state index in [9.17, 15) is 4.79 Å². The molecule has 0 aliphatic carbocycles. The first-order valence-electron chi connectivity index (χ1n) is 6.06. The summed E-state index contributed by atoms with van der Waals surface area (Å²) in [7, 11) is 1.67. The van der Waals surface area contributed by atoms with E-state index in [0.717, 1.165) is 24.4 Å². The van der Waals surface area contributed by atoms with Crippen LogP contribution >= 0.6 is 11.3 Å². The standard InChI is InChI=1S/C12H21N3OS/c1-4-10-8-15-12(17-10)9(2)14-7-5-6-11(16)13-3/h8-9,14H,4-7H2,1-3H3,(H,13,16). The smallest absolute Gasteiger partial charge is 0.219 e. The molecule has 0 bridgehead atoms. The van der Waals surface area contributed by atoms with Gasteiger partial charge in [-0.3, -0.25) is 4.79 Å². The molecular weight excluding hydrogens is 234 g/mol. The molecule has 0 spiro atoms. The van der Waals surface area contributed by atoms with Crippen molar-refractivity contribution in [3.63, 3.8) is 0 Å². The molecule has 5 heteroatoms. The summed E-state index contributed by atoms with van der Waals surface area (Å²) < 4.78 is 0. The van der Waals surface area contributed by atoms with Crippen molar-refractivity contribution in [2.24, 2.45) is 0 Å². The highest BCUT2D eigenvalue weighted by Crippen LogP contribution is 2.19. The number of nitrogens with zero attached hydrogens (tertiary/aromatic N) is 1. The molecule has 96 valence electrons. The van der Waals surface area contributed by atoms with Gasteiger partial charge in [0.1, 0.15) is 5.01 Å². The number of aryl methyl sites for hydroxylation is 1. The normalized spacial score (nSPS) is 12.4. The Bertz CT molecular complexity index is 351. The number of rotatable bonds is 7. The van der Waals surface area contributed by atoms with Crippen LogP contribution in [0.15, 0.2) is 6.20 Å². The molecule has 1 aromatic heterocycles. The Morgan fingerprint density at radius 1 is 1.59 bits per heavy atom. The van der Waals surface area contributed by atoms with Gasteiger partial charge in [-0.05, 0) is 26.3 Å². The summed E-state index contributed by atoms with van der Waals surface area (Å²) in [6, 6.07) is 0.269. The fourth-order valence-corrected chi connectivity index (χ4v) is 2.35. The number of aromatic nitrogens is 1. The average Bonchev–Trinajstić information content (AvgIpc) is 2.82. The van der Waals surface area contributed by atoms with Gasteiger partial charge in [-0.1, -0.05) is 6.92 Å². The molecule has 1 atom stereocenters. The van der Waals surface area contributed by atoms with Crippen molar-refractivity contribution in [3.8, 4) is 0 Å². The second-order valence-electron chi connectivity index (χ2n) is 3.97. The van der Waals surface area contributed by atoms with Crippen LogP contribution in [0.4, 0.5) is 0 Å². The Labute approximate surface area is 107 Å². The Kier molecular flexibility index (Phi) is 6.15. The molecule has 0 aliphatic rings. The van der Waals surface area contributed by atoms with Crippen molar-refractivity contribution in [1.82, 2.24) is 15.6 Å². The van der Waals surface area contributed by atoms with Crippen molar-refractivity contribution < 1.29 is 4.79 Å². The predicted octanol–water partition coefficient (Wildman–Crippen LogP) is 1.88. The maximum Gasteiger partial charge on any atom is 0.219 e. The number of hydrogen-bond donors (Lipinski definition) is 2. The van der Waals surface area contributed by atoms with Crippen LogP contribution in [0.2, 0.25) is 0 Å². The zero-order valence-electron chi connectivity index (χ0n) is 10.7. The summed E-state index contributed by atoms with van der Waals surface area (Å²) in [5.74, 6) is 0.0990. The lowest BCUT2D eigenvalue weighted by Gasteiger charge is -2.10. The number of thiazole rings is 1. The topological polar surface area (TPSA) is 54.0 Å². The van der Waals surface area contributed by atoms with Crippen LogP contribution in [0, 0.1) is 0 Å². The quantitative estimate of drug-likeness (QED) is 0.732.